The van der Waals surface area contributed by atoms with Crippen LogP contribution in [0.25, 0.3) is 0 Å². The number of methoxy groups -OCH3 is 1. The summed E-state index contributed by atoms with van der Waals surface area (Å²) in [6, 6.07) is 7.82. The average Bonchev–Trinajstić information content (AvgIpc) is 2.80. The van der Waals surface area contributed by atoms with E-state index in [1.54, 1.807) is 7.11 Å². The summed E-state index contributed by atoms with van der Waals surface area (Å²) in [5, 5.41) is 10.2. The number of hydrogen-bond acceptors (Lipinski definition) is 5. The summed E-state index contributed by atoms with van der Waals surface area (Å²) in [4.78, 5) is 4.80. The van der Waals surface area contributed by atoms with E-state index < -0.39 is 6.10 Å². The van der Waals surface area contributed by atoms with Crippen LogP contribution in [0.4, 0.5) is 0 Å². The molecule has 23 heavy (non-hydrogen) atoms. The summed E-state index contributed by atoms with van der Waals surface area (Å²) < 4.78 is 11.0. The van der Waals surface area contributed by atoms with Gasteiger partial charge in [-0.2, -0.15) is 0 Å². The smallest absolute Gasteiger partial charge is 0.124 e. The minimum atomic E-state index is -0.446. The Morgan fingerprint density at radius 1 is 1.13 bits per heavy atom. The number of aliphatic hydroxyl groups excluding tert-OH is 1. The van der Waals surface area contributed by atoms with Gasteiger partial charge in [0.1, 0.15) is 5.75 Å². The van der Waals surface area contributed by atoms with Crippen molar-refractivity contribution < 1.29 is 14.6 Å². The van der Waals surface area contributed by atoms with Crippen molar-refractivity contribution in [2.45, 2.75) is 26.1 Å². The van der Waals surface area contributed by atoms with Gasteiger partial charge in [-0.1, -0.05) is 25.1 Å². The van der Waals surface area contributed by atoms with Gasteiger partial charge in [0.15, 0.2) is 0 Å². The second-order valence-corrected chi connectivity index (χ2v) is 6.07. The van der Waals surface area contributed by atoms with Crippen molar-refractivity contribution in [1.82, 2.24) is 9.80 Å². The molecule has 1 heterocycles. The molecule has 2 rings (SSSR count). The molecule has 5 heteroatoms. The Kier molecular flexibility index (Phi) is 7.82. The fourth-order valence-corrected chi connectivity index (χ4v) is 3.00. The van der Waals surface area contributed by atoms with Gasteiger partial charge in [0.05, 0.1) is 26.4 Å². The molecule has 1 aromatic rings. The molecule has 1 atom stereocenters. The highest BCUT2D eigenvalue weighted by Gasteiger charge is 2.16. The number of ether oxygens (including phenoxy) is 2. The number of para-hydroxylation sites is 1. The van der Waals surface area contributed by atoms with Gasteiger partial charge in [0.25, 0.3) is 0 Å². The SMILES string of the molecule is CCN1CCCN(CC(O)COCc2ccccc2OC)CC1. The van der Waals surface area contributed by atoms with Crippen LogP contribution in [-0.4, -0.2) is 74.0 Å². The van der Waals surface area contributed by atoms with Crippen molar-refractivity contribution in [2.24, 2.45) is 0 Å². The standard InChI is InChI=1S/C18H30N2O3/c1-3-19-9-6-10-20(12-11-19)13-17(21)15-23-14-16-7-4-5-8-18(16)22-2/h4-5,7-8,17,21H,3,6,9-15H2,1-2H3. The summed E-state index contributed by atoms with van der Waals surface area (Å²) in [5.74, 6) is 0.828. The van der Waals surface area contributed by atoms with E-state index in [9.17, 15) is 5.11 Å². The molecule has 0 aromatic heterocycles. The predicted molar refractivity (Wildman–Crippen MR) is 91.8 cm³/mol. The molecule has 1 aliphatic rings. The number of rotatable bonds is 8. The largest absolute Gasteiger partial charge is 0.496 e. The Hall–Kier alpha value is -1.14. The second kappa shape index (κ2) is 9.88. The Balaban J connectivity index is 1.69. The van der Waals surface area contributed by atoms with Gasteiger partial charge in [0.2, 0.25) is 0 Å². The lowest BCUT2D eigenvalue weighted by Crippen LogP contribution is -2.37. The molecule has 0 saturated carbocycles. The van der Waals surface area contributed by atoms with Crippen molar-refractivity contribution >= 4 is 0 Å². The van der Waals surface area contributed by atoms with Crippen molar-refractivity contribution in [3.8, 4) is 5.75 Å². The third kappa shape index (κ3) is 6.11. The highest BCUT2D eigenvalue weighted by molar-refractivity contribution is 5.32. The first kappa shape index (κ1) is 18.2. The molecule has 5 nitrogen and oxygen atoms in total. The lowest BCUT2D eigenvalue weighted by molar-refractivity contribution is 0.0100. The van der Waals surface area contributed by atoms with Crippen molar-refractivity contribution in [2.75, 3.05) is 53.0 Å². The topological polar surface area (TPSA) is 45.2 Å². The van der Waals surface area contributed by atoms with Crippen molar-refractivity contribution in [3.63, 3.8) is 0 Å². The van der Waals surface area contributed by atoms with Crippen LogP contribution in [0, 0.1) is 0 Å². The molecule has 130 valence electrons. The average molecular weight is 322 g/mol. The van der Waals surface area contributed by atoms with Crippen LogP contribution >= 0.6 is 0 Å². The van der Waals surface area contributed by atoms with Crippen LogP contribution in [0.1, 0.15) is 18.9 Å². The Morgan fingerprint density at radius 3 is 2.65 bits per heavy atom. The normalized spacial score (nSPS) is 18.6. The maximum absolute atomic E-state index is 10.2. The number of aliphatic hydroxyl groups is 1. The summed E-state index contributed by atoms with van der Waals surface area (Å²) in [5.41, 5.74) is 1.01. The Labute approximate surface area is 139 Å². The minimum Gasteiger partial charge on any atom is -0.496 e. The van der Waals surface area contributed by atoms with Gasteiger partial charge < -0.3 is 19.5 Å². The van der Waals surface area contributed by atoms with E-state index in [2.05, 4.69) is 16.7 Å². The molecule has 1 unspecified atom stereocenters. The lowest BCUT2D eigenvalue weighted by Gasteiger charge is -2.23. The first-order valence-electron chi connectivity index (χ1n) is 8.55. The van der Waals surface area contributed by atoms with Gasteiger partial charge >= 0.3 is 0 Å². The summed E-state index contributed by atoms with van der Waals surface area (Å²) in [6.45, 7) is 9.14. The minimum absolute atomic E-state index is 0.353. The number of β-amino-alcohol motifs (C(OH)–C–C–N with tert-alkyl or cyclic N) is 1. The van der Waals surface area contributed by atoms with Gasteiger partial charge in [-0.05, 0) is 32.1 Å². The molecule has 0 bridgehead atoms. The molecule has 0 spiro atoms. The predicted octanol–water partition coefficient (Wildman–Crippen LogP) is 1.60. The molecule has 0 amide bonds. The third-order valence-electron chi connectivity index (χ3n) is 4.36. The third-order valence-corrected chi connectivity index (χ3v) is 4.36. The van der Waals surface area contributed by atoms with E-state index in [0.29, 0.717) is 19.8 Å². The number of nitrogens with zero attached hydrogens (tertiary/aromatic N) is 2. The van der Waals surface area contributed by atoms with E-state index in [4.69, 9.17) is 9.47 Å². The molecule has 1 aliphatic heterocycles. The number of likely N-dealkylation sites (N-methyl/N-ethyl adjacent to an activating group) is 1. The van der Waals surface area contributed by atoms with Gasteiger partial charge in [0, 0.05) is 25.2 Å². The first-order chi connectivity index (χ1) is 11.2. The molecular weight excluding hydrogens is 292 g/mol. The fraction of sp³-hybridized carbons (Fsp3) is 0.667. The van der Waals surface area contributed by atoms with E-state index in [0.717, 1.165) is 44.0 Å². The Morgan fingerprint density at radius 2 is 1.87 bits per heavy atom. The summed E-state index contributed by atoms with van der Waals surface area (Å²) in [6.07, 6.45) is 0.723. The maximum Gasteiger partial charge on any atom is 0.124 e. The highest BCUT2D eigenvalue weighted by Crippen LogP contribution is 2.18. The summed E-state index contributed by atoms with van der Waals surface area (Å²) >= 11 is 0. The number of hydrogen-bond donors (Lipinski definition) is 1. The zero-order chi connectivity index (χ0) is 16.5. The van der Waals surface area contributed by atoms with Gasteiger partial charge in [-0.15, -0.1) is 0 Å². The zero-order valence-corrected chi connectivity index (χ0v) is 14.4. The molecule has 1 aromatic carbocycles. The van der Waals surface area contributed by atoms with E-state index in [1.807, 2.05) is 24.3 Å². The van der Waals surface area contributed by atoms with Crippen molar-refractivity contribution in [3.05, 3.63) is 29.8 Å². The fourth-order valence-electron chi connectivity index (χ4n) is 3.00. The molecule has 1 saturated heterocycles. The molecule has 1 N–H and O–H groups in total. The second-order valence-electron chi connectivity index (χ2n) is 6.07. The zero-order valence-electron chi connectivity index (χ0n) is 14.4. The van der Waals surface area contributed by atoms with Gasteiger partial charge in [-0.3, -0.25) is 4.90 Å². The maximum atomic E-state index is 10.2. The van der Waals surface area contributed by atoms with E-state index in [1.165, 1.54) is 6.42 Å². The van der Waals surface area contributed by atoms with Crippen molar-refractivity contribution in [1.29, 1.82) is 0 Å². The molecule has 0 aliphatic carbocycles. The van der Waals surface area contributed by atoms with Crippen LogP contribution in [0.15, 0.2) is 24.3 Å². The van der Waals surface area contributed by atoms with E-state index in [-0.39, 0.29) is 0 Å². The van der Waals surface area contributed by atoms with Crippen LogP contribution < -0.4 is 4.74 Å². The number of benzene rings is 1. The lowest BCUT2D eigenvalue weighted by atomic mass is 10.2. The molecular formula is C18H30N2O3. The monoisotopic (exact) mass is 322 g/mol. The molecule has 1 fully saturated rings. The molecule has 0 radical (unpaired) electrons. The van der Waals surface area contributed by atoms with Gasteiger partial charge in [-0.25, -0.2) is 0 Å². The van der Waals surface area contributed by atoms with Crippen LogP contribution in [-0.2, 0) is 11.3 Å². The van der Waals surface area contributed by atoms with Crippen LogP contribution in [0.5, 0.6) is 5.75 Å². The highest BCUT2D eigenvalue weighted by atomic mass is 16.5. The summed E-state index contributed by atoms with van der Waals surface area (Å²) in [7, 11) is 1.66. The first-order valence-corrected chi connectivity index (χ1v) is 8.55. The quantitative estimate of drug-likeness (QED) is 0.788. The van der Waals surface area contributed by atoms with E-state index >= 15 is 0 Å². The van der Waals surface area contributed by atoms with Crippen LogP contribution in [0.3, 0.4) is 0 Å². The van der Waals surface area contributed by atoms with Crippen LogP contribution in [0.2, 0.25) is 0 Å². The Bertz CT molecular complexity index is 456.